The van der Waals surface area contributed by atoms with E-state index in [4.69, 9.17) is 0 Å². The molecule has 1 aliphatic rings. The SMILES string of the molecule is C=CCN1CCCC(C=C)C1=O. The van der Waals surface area contributed by atoms with Crippen molar-refractivity contribution in [3.63, 3.8) is 0 Å². The monoisotopic (exact) mass is 165 g/mol. The standard InChI is InChI=1S/C10H15NO/c1-3-7-11-8-5-6-9(4-2)10(11)12/h3-4,9H,1-2,5-8H2. The minimum absolute atomic E-state index is 0.0405. The van der Waals surface area contributed by atoms with Crippen LogP contribution in [0.1, 0.15) is 12.8 Å². The zero-order valence-corrected chi connectivity index (χ0v) is 7.33. The van der Waals surface area contributed by atoms with Gasteiger partial charge in [-0.1, -0.05) is 12.2 Å². The van der Waals surface area contributed by atoms with Gasteiger partial charge in [0.15, 0.2) is 0 Å². The lowest BCUT2D eigenvalue weighted by molar-refractivity contribution is -0.135. The van der Waals surface area contributed by atoms with Gasteiger partial charge in [-0.3, -0.25) is 4.79 Å². The van der Waals surface area contributed by atoms with E-state index in [1.54, 1.807) is 12.2 Å². The van der Waals surface area contributed by atoms with Gasteiger partial charge in [-0.25, -0.2) is 0 Å². The first-order chi connectivity index (χ1) is 5.79. The summed E-state index contributed by atoms with van der Waals surface area (Å²) in [5.41, 5.74) is 0. The molecule has 1 heterocycles. The van der Waals surface area contributed by atoms with Gasteiger partial charge >= 0.3 is 0 Å². The zero-order chi connectivity index (χ0) is 8.97. The number of rotatable bonds is 3. The van der Waals surface area contributed by atoms with Crippen molar-refractivity contribution in [2.24, 2.45) is 5.92 Å². The van der Waals surface area contributed by atoms with Gasteiger partial charge in [0.05, 0.1) is 5.92 Å². The van der Waals surface area contributed by atoms with Gasteiger partial charge < -0.3 is 4.90 Å². The van der Waals surface area contributed by atoms with Crippen molar-refractivity contribution < 1.29 is 4.79 Å². The maximum Gasteiger partial charge on any atom is 0.229 e. The highest BCUT2D eigenvalue weighted by molar-refractivity contribution is 5.81. The lowest BCUT2D eigenvalue weighted by Crippen LogP contribution is -2.40. The second kappa shape index (κ2) is 4.10. The van der Waals surface area contributed by atoms with Gasteiger partial charge in [0.25, 0.3) is 0 Å². The molecule has 1 rings (SSSR count). The molecular formula is C10H15NO. The van der Waals surface area contributed by atoms with Gasteiger partial charge in [-0.05, 0) is 12.8 Å². The summed E-state index contributed by atoms with van der Waals surface area (Å²) < 4.78 is 0. The molecule has 0 aromatic rings. The molecule has 0 bridgehead atoms. The van der Waals surface area contributed by atoms with Crippen LogP contribution in [0.4, 0.5) is 0 Å². The van der Waals surface area contributed by atoms with Crippen LogP contribution in [0.25, 0.3) is 0 Å². The number of nitrogens with zero attached hydrogens (tertiary/aromatic N) is 1. The van der Waals surface area contributed by atoms with E-state index in [0.29, 0.717) is 6.54 Å². The fourth-order valence-electron chi connectivity index (χ4n) is 1.53. The van der Waals surface area contributed by atoms with E-state index < -0.39 is 0 Å². The third-order valence-corrected chi connectivity index (χ3v) is 2.21. The molecule has 0 spiro atoms. The van der Waals surface area contributed by atoms with Crippen molar-refractivity contribution >= 4 is 5.91 Å². The predicted octanol–water partition coefficient (Wildman–Crippen LogP) is 1.60. The average molecular weight is 165 g/mol. The van der Waals surface area contributed by atoms with E-state index >= 15 is 0 Å². The Kier molecular flexibility index (Phi) is 3.09. The van der Waals surface area contributed by atoms with E-state index in [1.165, 1.54) is 0 Å². The minimum atomic E-state index is 0.0405. The fraction of sp³-hybridized carbons (Fsp3) is 0.500. The molecule has 0 aromatic carbocycles. The Hall–Kier alpha value is -1.05. The van der Waals surface area contributed by atoms with Crippen LogP contribution in [0.15, 0.2) is 25.3 Å². The summed E-state index contributed by atoms with van der Waals surface area (Å²) in [6, 6.07) is 0. The predicted molar refractivity (Wildman–Crippen MR) is 49.7 cm³/mol. The Balaban J connectivity index is 2.58. The van der Waals surface area contributed by atoms with Crippen molar-refractivity contribution in [3.05, 3.63) is 25.3 Å². The summed E-state index contributed by atoms with van der Waals surface area (Å²) in [6.45, 7) is 8.82. The van der Waals surface area contributed by atoms with Gasteiger partial charge in [0, 0.05) is 13.1 Å². The Morgan fingerprint density at radius 2 is 2.33 bits per heavy atom. The summed E-state index contributed by atoms with van der Waals surface area (Å²) in [7, 11) is 0. The maximum atomic E-state index is 11.6. The number of carbonyl (C=O) groups excluding carboxylic acids is 1. The summed E-state index contributed by atoms with van der Waals surface area (Å²) in [5, 5.41) is 0. The van der Waals surface area contributed by atoms with Crippen molar-refractivity contribution in [1.29, 1.82) is 0 Å². The van der Waals surface area contributed by atoms with Crippen LogP contribution >= 0.6 is 0 Å². The molecule has 1 saturated heterocycles. The highest BCUT2D eigenvalue weighted by atomic mass is 16.2. The highest BCUT2D eigenvalue weighted by Gasteiger charge is 2.24. The van der Waals surface area contributed by atoms with Crippen LogP contribution in [0.2, 0.25) is 0 Å². The molecule has 0 saturated carbocycles. The van der Waals surface area contributed by atoms with Crippen LogP contribution in [0.5, 0.6) is 0 Å². The van der Waals surface area contributed by atoms with Gasteiger partial charge in [0.2, 0.25) is 5.91 Å². The molecule has 1 atom stereocenters. The van der Waals surface area contributed by atoms with Crippen molar-refractivity contribution in [2.45, 2.75) is 12.8 Å². The van der Waals surface area contributed by atoms with E-state index in [-0.39, 0.29) is 11.8 Å². The second-order valence-corrected chi connectivity index (χ2v) is 3.06. The van der Waals surface area contributed by atoms with E-state index in [2.05, 4.69) is 13.2 Å². The van der Waals surface area contributed by atoms with Crippen LogP contribution in [-0.4, -0.2) is 23.9 Å². The fourth-order valence-corrected chi connectivity index (χ4v) is 1.53. The van der Waals surface area contributed by atoms with Crippen molar-refractivity contribution in [3.8, 4) is 0 Å². The summed E-state index contributed by atoms with van der Waals surface area (Å²) in [5.74, 6) is 0.245. The Morgan fingerprint density at radius 3 is 2.92 bits per heavy atom. The molecule has 1 unspecified atom stereocenters. The Morgan fingerprint density at radius 1 is 1.58 bits per heavy atom. The second-order valence-electron chi connectivity index (χ2n) is 3.06. The van der Waals surface area contributed by atoms with Crippen molar-refractivity contribution in [2.75, 3.05) is 13.1 Å². The molecule has 0 aromatic heterocycles. The largest absolute Gasteiger partial charge is 0.338 e. The van der Waals surface area contributed by atoms with Crippen LogP contribution in [0.3, 0.4) is 0 Å². The van der Waals surface area contributed by atoms with Crippen LogP contribution in [0, 0.1) is 5.92 Å². The van der Waals surface area contributed by atoms with E-state index in [0.717, 1.165) is 19.4 Å². The van der Waals surface area contributed by atoms with Gasteiger partial charge in [-0.2, -0.15) is 0 Å². The molecular weight excluding hydrogens is 150 g/mol. The molecule has 0 radical (unpaired) electrons. The number of hydrogen-bond acceptors (Lipinski definition) is 1. The molecule has 12 heavy (non-hydrogen) atoms. The molecule has 1 aliphatic heterocycles. The Bertz CT molecular complexity index is 198. The first kappa shape index (κ1) is 9.04. The topological polar surface area (TPSA) is 20.3 Å². The Labute approximate surface area is 73.6 Å². The van der Waals surface area contributed by atoms with Gasteiger partial charge in [0.1, 0.15) is 0 Å². The molecule has 66 valence electrons. The van der Waals surface area contributed by atoms with E-state index in [9.17, 15) is 4.79 Å². The molecule has 0 aliphatic carbocycles. The van der Waals surface area contributed by atoms with Gasteiger partial charge in [-0.15, -0.1) is 13.2 Å². The molecule has 1 fully saturated rings. The summed E-state index contributed by atoms with van der Waals surface area (Å²) in [6.07, 6.45) is 5.55. The smallest absolute Gasteiger partial charge is 0.229 e. The average Bonchev–Trinajstić information content (AvgIpc) is 2.09. The molecule has 2 nitrogen and oxygen atoms in total. The van der Waals surface area contributed by atoms with Crippen molar-refractivity contribution in [1.82, 2.24) is 4.90 Å². The van der Waals surface area contributed by atoms with Crippen LogP contribution < -0.4 is 0 Å². The highest BCUT2D eigenvalue weighted by Crippen LogP contribution is 2.18. The van der Waals surface area contributed by atoms with E-state index in [1.807, 2.05) is 4.90 Å². The molecule has 2 heteroatoms. The first-order valence-electron chi connectivity index (χ1n) is 4.32. The number of hydrogen-bond donors (Lipinski definition) is 0. The minimum Gasteiger partial charge on any atom is -0.338 e. The maximum absolute atomic E-state index is 11.6. The lowest BCUT2D eigenvalue weighted by atomic mass is 9.97. The number of amides is 1. The quantitative estimate of drug-likeness (QED) is 0.582. The first-order valence-corrected chi connectivity index (χ1v) is 4.32. The molecule has 1 amide bonds. The summed E-state index contributed by atoms with van der Waals surface area (Å²) in [4.78, 5) is 13.4. The summed E-state index contributed by atoms with van der Waals surface area (Å²) >= 11 is 0. The molecule has 0 N–H and O–H groups in total. The number of carbonyl (C=O) groups is 1. The number of likely N-dealkylation sites (tertiary alicyclic amines) is 1. The lowest BCUT2D eigenvalue weighted by Gasteiger charge is -2.29. The third-order valence-electron chi connectivity index (χ3n) is 2.21. The normalized spacial score (nSPS) is 23.8. The zero-order valence-electron chi connectivity index (χ0n) is 7.33. The third kappa shape index (κ3) is 1.76. The van der Waals surface area contributed by atoms with Crippen LogP contribution in [-0.2, 0) is 4.79 Å². The number of piperidine rings is 1.